The van der Waals surface area contributed by atoms with Crippen LogP contribution in [0.1, 0.15) is 12.5 Å². The van der Waals surface area contributed by atoms with Gasteiger partial charge in [0.05, 0.1) is 6.54 Å². The summed E-state index contributed by atoms with van der Waals surface area (Å²) >= 11 is 0. The molecule has 1 atom stereocenters. The van der Waals surface area contributed by atoms with E-state index in [0.29, 0.717) is 26.2 Å². The molecule has 0 spiro atoms. The first-order chi connectivity index (χ1) is 13.3. The smallest absolute Gasteiger partial charge is 0.191 e. The Balaban J connectivity index is 1.60. The van der Waals surface area contributed by atoms with Crippen LogP contribution >= 0.6 is 0 Å². The van der Waals surface area contributed by atoms with Crippen LogP contribution in [-0.2, 0) is 5.60 Å². The number of hydrogen-bond donors (Lipinski definition) is 2. The van der Waals surface area contributed by atoms with Gasteiger partial charge in [0.1, 0.15) is 23.1 Å². The fourth-order valence-corrected chi connectivity index (χ4v) is 3.19. The van der Waals surface area contributed by atoms with E-state index in [1.54, 1.807) is 12.1 Å². The molecule has 0 aromatic heterocycles. The number of halogens is 3. The van der Waals surface area contributed by atoms with E-state index in [1.165, 1.54) is 25.1 Å². The van der Waals surface area contributed by atoms with Crippen LogP contribution in [-0.4, -0.2) is 48.7 Å². The second kappa shape index (κ2) is 8.10. The molecule has 0 saturated carbocycles. The second-order valence-corrected chi connectivity index (χ2v) is 7.02. The van der Waals surface area contributed by atoms with Crippen molar-refractivity contribution in [3.8, 4) is 0 Å². The average molecular weight is 392 g/mol. The quantitative estimate of drug-likeness (QED) is 0.620. The zero-order valence-corrected chi connectivity index (χ0v) is 15.6. The summed E-state index contributed by atoms with van der Waals surface area (Å²) in [4.78, 5) is 8.20. The van der Waals surface area contributed by atoms with E-state index in [-0.39, 0.29) is 23.9 Å². The number of rotatable bonds is 4. The summed E-state index contributed by atoms with van der Waals surface area (Å²) in [5, 5.41) is 10.5. The molecule has 1 saturated heterocycles. The predicted molar refractivity (Wildman–Crippen MR) is 103 cm³/mol. The van der Waals surface area contributed by atoms with Crippen LogP contribution in [0.4, 0.5) is 18.9 Å². The summed E-state index contributed by atoms with van der Waals surface area (Å²) in [6, 6.07) is 9.34. The van der Waals surface area contributed by atoms with Crippen molar-refractivity contribution in [1.82, 2.24) is 4.90 Å². The van der Waals surface area contributed by atoms with Gasteiger partial charge in [-0.2, -0.15) is 0 Å². The highest BCUT2D eigenvalue weighted by molar-refractivity contribution is 5.78. The Bertz CT molecular complexity index is 847. The molecule has 2 aromatic carbocycles. The van der Waals surface area contributed by atoms with Crippen molar-refractivity contribution in [2.45, 2.75) is 12.5 Å². The Hall–Kier alpha value is -2.74. The molecule has 3 N–H and O–H groups in total. The highest BCUT2D eigenvalue weighted by Gasteiger charge is 2.27. The highest BCUT2D eigenvalue weighted by atomic mass is 19.1. The van der Waals surface area contributed by atoms with Gasteiger partial charge in [-0.25, -0.2) is 18.2 Å². The van der Waals surface area contributed by atoms with E-state index in [1.807, 2.05) is 4.90 Å². The Morgan fingerprint density at radius 2 is 1.64 bits per heavy atom. The van der Waals surface area contributed by atoms with Gasteiger partial charge in [-0.05, 0) is 37.3 Å². The minimum Gasteiger partial charge on any atom is -0.383 e. The number of hydrogen-bond acceptors (Lipinski definition) is 3. The van der Waals surface area contributed by atoms with E-state index in [0.717, 1.165) is 17.8 Å². The van der Waals surface area contributed by atoms with Crippen LogP contribution in [0.2, 0.25) is 0 Å². The zero-order valence-electron chi connectivity index (χ0n) is 15.6. The lowest BCUT2D eigenvalue weighted by molar-refractivity contribution is 0.0630. The molecule has 0 aliphatic carbocycles. The molecular formula is C20H23F3N4O. The third kappa shape index (κ3) is 4.56. The summed E-state index contributed by atoms with van der Waals surface area (Å²) in [5.41, 5.74) is 5.33. The van der Waals surface area contributed by atoms with Gasteiger partial charge in [0.15, 0.2) is 5.96 Å². The number of piperazine rings is 1. The van der Waals surface area contributed by atoms with Crippen molar-refractivity contribution in [1.29, 1.82) is 0 Å². The molecule has 1 aliphatic heterocycles. The van der Waals surface area contributed by atoms with Crippen molar-refractivity contribution in [3.05, 3.63) is 65.5 Å². The number of aliphatic imine (C=N–C) groups is 1. The van der Waals surface area contributed by atoms with Gasteiger partial charge in [-0.1, -0.05) is 6.07 Å². The first-order valence-electron chi connectivity index (χ1n) is 8.99. The van der Waals surface area contributed by atoms with Crippen LogP contribution in [0.15, 0.2) is 47.5 Å². The Labute approximate surface area is 161 Å². The van der Waals surface area contributed by atoms with E-state index < -0.39 is 17.2 Å². The predicted octanol–water partition coefficient (Wildman–Crippen LogP) is 2.45. The summed E-state index contributed by atoms with van der Waals surface area (Å²) in [5.74, 6) is -1.56. The summed E-state index contributed by atoms with van der Waals surface area (Å²) < 4.78 is 40.1. The van der Waals surface area contributed by atoms with Crippen molar-refractivity contribution in [3.63, 3.8) is 0 Å². The number of nitrogens with zero attached hydrogens (tertiary/aromatic N) is 3. The Morgan fingerprint density at radius 1 is 1.04 bits per heavy atom. The van der Waals surface area contributed by atoms with Crippen LogP contribution in [0.25, 0.3) is 0 Å². The van der Waals surface area contributed by atoms with Crippen molar-refractivity contribution < 1.29 is 18.3 Å². The maximum Gasteiger partial charge on any atom is 0.191 e. The van der Waals surface area contributed by atoms with Gasteiger partial charge in [0, 0.05) is 43.5 Å². The van der Waals surface area contributed by atoms with Crippen LogP contribution in [0, 0.1) is 17.5 Å². The van der Waals surface area contributed by atoms with Gasteiger partial charge < -0.3 is 20.6 Å². The van der Waals surface area contributed by atoms with Crippen LogP contribution in [0.5, 0.6) is 0 Å². The third-order valence-electron chi connectivity index (χ3n) is 4.86. The topological polar surface area (TPSA) is 65.1 Å². The van der Waals surface area contributed by atoms with Gasteiger partial charge in [0.25, 0.3) is 0 Å². The molecule has 0 amide bonds. The van der Waals surface area contributed by atoms with Crippen LogP contribution < -0.4 is 10.6 Å². The fourth-order valence-electron chi connectivity index (χ4n) is 3.19. The number of nitrogens with two attached hydrogens (primary N) is 1. The molecule has 1 heterocycles. The number of guanidine groups is 1. The zero-order chi connectivity index (χ0) is 20.3. The molecule has 28 heavy (non-hydrogen) atoms. The lowest BCUT2D eigenvalue weighted by atomic mass is 9.95. The molecule has 0 bridgehead atoms. The lowest BCUT2D eigenvalue weighted by Crippen LogP contribution is -2.51. The molecule has 2 aromatic rings. The first kappa shape index (κ1) is 20.0. The monoisotopic (exact) mass is 392 g/mol. The van der Waals surface area contributed by atoms with E-state index in [4.69, 9.17) is 5.73 Å². The summed E-state index contributed by atoms with van der Waals surface area (Å²) in [6.07, 6.45) is 0. The van der Waals surface area contributed by atoms with E-state index >= 15 is 0 Å². The minimum atomic E-state index is -1.61. The van der Waals surface area contributed by atoms with Crippen LogP contribution in [0.3, 0.4) is 0 Å². The maximum atomic E-state index is 13.9. The third-order valence-corrected chi connectivity index (χ3v) is 4.86. The standard InChI is InChI=1S/C20H23F3N4O/c1-20(28,17-7-4-15(22)12-18(17)23)13-25-19(24)27-10-8-26(9-11-27)16-5-2-14(21)3-6-16/h2-7,12,28H,8-11,13H2,1H3,(H2,24,25). The average Bonchev–Trinajstić information content (AvgIpc) is 2.66. The van der Waals surface area contributed by atoms with Crippen molar-refractivity contribution in [2.75, 3.05) is 37.6 Å². The minimum absolute atomic E-state index is 0.0356. The molecule has 1 aliphatic rings. The summed E-state index contributed by atoms with van der Waals surface area (Å²) in [6.45, 7) is 3.85. The Morgan fingerprint density at radius 3 is 2.25 bits per heavy atom. The number of aliphatic hydroxyl groups is 1. The molecule has 0 radical (unpaired) electrons. The van der Waals surface area contributed by atoms with E-state index in [2.05, 4.69) is 9.89 Å². The first-order valence-corrected chi connectivity index (χ1v) is 8.99. The fraction of sp³-hybridized carbons (Fsp3) is 0.350. The molecule has 3 rings (SSSR count). The molecule has 150 valence electrons. The van der Waals surface area contributed by atoms with Gasteiger partial charge >= 0.3 is 0 Å². The van der Waals surface area contributed by atoms with Crippen molar-refractivity contribution in [2.24, 2.45) is 10.7 Å². The molecule has 8 heteroatoms. The van der Waals surface area contributed by atoms with Gasteiger partial charge in [0.2, 0.25) is 0 Å². The molecule has 1 unspecified atom stereocenters. The number of anilines is 1. The lowest BCUT2D eigenvalue weighted by Gasteiger charge is -2.36. The largest absolute Gasteiger partial charge is 0.383 e. The number of benzene rings is 2. The molecular weight excluding hydrogens is 369 g/mol. The second-order valence-electron chi connectivity index (χ2n) is 7.02. The van der Waals surface area contributed by atoms with Crippen molar-refractivity contribution >= 4 is 11.6 Å². The molecule has 5 nitrogen and oxygen atoms in total. The maximum absolute atomic E-state index is 13.9. The van der Waals surface area contributed by atoms with E-state index in [9.17, 15) is 18.3 Å². The summed E-state index contributed by atoms with van der Waals surface area (Å²) in [7, 11) is 0. The normalized spacial score (nSPS) is 17.5. The highest BCUT2D eigenvalue weighted by Crippen LogP contribution is 2.24. The van der Waals surface area contributed by atoms with Gasteiger partial charge in [-0.15, -0.1) is 0 Å². The SMILES string of the molecule is CC(O)(CN=C(N)N1CCN(c2ccc(F)cc2)CC1)c1ccc(F)cc1F. The Kier molecular flexibility index (Phi) is 5.79. The molecule has 1 fully saturated rings. The van der Waals surface area contributed by atoms with Gasteiger partial charge in [-0.3, -0.25) is 0 Å².